The van der Waals surface area contributed by atoms with Gasteiger partial charge in [-0.05, 0) is 35.6 Å². The highest BCUT2D eigenvalue weighted by atomic mass is 35.5. The summed E-state index contributed by atoms with van der Waals surface area (Å²) in [6.45, 7) is 2.19. The number of rotatable bonds is 0. The third-order valence-corrected chi connectivity index (χ3v) is 4.54. The minimum atomic E-state index is 0.0772. The molecule has 1 saturated carbocycles. The van der Waals surface area contributed by atoms with Gasteiger partial charge in [0, 0.05) is 23.3 Å². The lowest BCUT2D eigenvalue weighted by molar-refractivity contribution is -0.122. The van der Waals surface area contributed by atoms with Gasteiger partial charge in [0.15, 0.2) is 0 Å². The molecule has 0 amide bonds. The fourth-order valence-corrected chi connectivity index (χ4v) is 3.47. The lowest BCUT2D eigenvalue weighted by Gasteiger charge is -2.38. The van der Waals surface area contributed by atoms with E-state index < -0.39 is 0 Å². The van der Waals surface area contributed by atoms with Crippen molar-refractivity contribution in [2.45, 2.75) is 31.6 Å². The van der Waals surface area contributed by atoms with Crippen LogP contribution in [0.1, 0.15) is 37.3 Å². The average Bonchev–Trinajstić information content (AvgIpc) is 2.64. The first kappa shape index (κ1) is 11.0. The second-order valence-electron chi connectivity index (χ2n) is 5.25. The monoisotopic (exact) mass is 246 g/mol. The molecule has 0 aliphatic heterocycles. The maximum Gasteiger partial charge on any atom is 0.133 e. The zero-order valence-electron chi connectivity index (χ0n) is 9.87. The van der Waals surface area contributed by atoms with Gasteiger partial charge in [0.05, 0.1) is 0 Å². The standard InChI is InChI=1S/C15H15ClO/c1-10-8-13(17)5-7-15(10)6-4-11-9-12(16)2-3-14(11)15/h2-4,6,9-10H,5,7-8H2,1H3. The molecule has 2 aliphatic rings. The van der Waals surface area contributed by atoms with Gasteiger partial charge in [-0.2, -0.15) is 0 Å². The molecule has 2 heteroatoms. The van der Waals surface area contributed by atoms with E-state index in [0.717, 1.165) is 11.4 Å². The molecule has 0 aromatic heterocycles. The van der Waals surface area contributed by atoms with Crippen LogP contribution in [-0.4, -0.2) is 5.78 Å². The van der Waals surface area contributed by atoms with E-state index in [0.29, 0.717) is 24.5 Å². The number of hydrogen-bond acceptors (Lipinski definition) is 1. The van der Waals surface area contributed by atoms with E-state index in [1.165, 1.54) is 11.1 Å². The van der Waals surface area contributed by atoms with Gasteiger partial charge in [-0.3, -0.25) is 4.79 Å². The minimum Gasteiger partial charge on any atom is -0.300 e. The Morgan fingerprint density at radius 1 is 1.41 bits per heavy atom. The first-order valence-electron chi connectivity index (χ1n) is 6.13. The van der Waals surface area contributed by atoms with Crippen LogP contribution in [0.4, 0.5) is 0 Å². The highest BCUT2D eigenvalue weighted by Crippen LogP contribution is 2.49. The number of ketones is 1. The third kappa shape index (κ3) is 1.56. The summed E-state index contributed by atoms with van der Waals surface area (Å²) in [5, 5.41) is 0.782. The summed E-state index contributed by atoms with van der Waals surface area (Å²) in [6, 6.07) is 6.10. The Kier molecular flexibility index (Phi) is 2.41. The summed E-state index contributed by atoms with van der Waals surface area (Å²) in [5.41, 5.74) is 2.65. The topological polar surface area (TPSA) is 17.1 Å². The number of fused-ring (bicyclic) bond motifs is 2. The Morgan fingerprint density at radius 2 is 2.24 bits per heavy atom. The highest BCUT2D eigenvalue weighted by Gasteiger charge is 2.43. The number of allylic oxidation sites excluding steroid dienone is 1. The van der Waals surface area contributed by atoms with Gasteiger partial charge in [0.1, 0.15) is 5.78 Å². The molecule has 17 heavy (non-hydrogen) atoms. The number of hydrogen-bond donors (Lipinski definition) is 0. The van der Waals surface area contributed by atoms with E-state index >= 15 is 0 Å². The van der Waals surface area contributed by atoms with Crippen molar-refractivity contribution in [1.82, 2.24) is 0 Å². The number of carbonyl (C=O) groups excluding carboxylic acids is 1. The molecule has 0 bridgehead atoms. The molecule has 0 N–H and O–H groups in total. The lowest BCUT2D eigenvalue weighted by atomic mass is 9.64. The molecule has 1 fully saturated rings. The second-order valence-corrected chi connectivity index (χ2v) is 5.69. The van der Waals surface area contributed by atoms with Gasteiger partial charge < -0.3 is 0 Å². The average molecular weight is 247 g/mol. The summed E-state index contributed by atoms with van der Waals surface area (Å²) in [7, 11) is 0. The predicted octanol–water partition coefficient (Wildman–Crippen LogP) is 3.99. The summed E-state index contributed by atoms with van der Waals surface area (Å²) in [6.07, 6.45) is 6.79. The van der Waals surface area contributed by atoms with Gasteiger partial charge in [-0.1, -0.05) is 36.7 Å². The van der Waals surface area contributed by atoms with E-state index in [4.69, 9.17) is 11.6 Å². The van der Waals surface area contributed by atoms with Crippen molar-refractivity contribution in [2.24, 2.45) is 5.92 Å². The fraction of sp³-hybridized carbons (Fsp3) is 0.400. The number of carbonyl (C=O) groups is 1. The zero-order chi connectivity index (χ0) is 12.0. The predicted molar refractivity (Wildman–Crippen MR) is 70.2 cm³/mol. The van der Waals surface area contributed by atoms with E-state index in [-0.39, 0.29) is 5.41 Å². The van der Waals surface area contributed by atoms with Crippen LogP contribution in [0.15, 0.2) is 24.3 Å². The van der Waals surface area contributed by atoms with Gasteiger partial charge in [0.25, 0.3) is 0 Å². The van der Waals surface area contributed by atoms with Gasteiger partial charge >= 0.3 is 0 Å². The van der Waals surface area contributed by atoms with Crippen LogP contribution in [0, 0.1) is 5.92 Å². The second kappa shape index (κ2) is 3.71. The first-order valence-corrected chi connectivity index (χ1v) is 6.50. The molecule has 1 nitrogen and oxygen atoms in total. The number of benzene rings is 1. The lowest BCUT2D eigenvalue weighted by Crippen LogP contribution is -2.36. The summed E-state index contributed by atoms with van der Waals surface area (Å²) < 4.78 is 0. The maximum absolute atomic E-state index is 11.5. The van der Waals surface area contributed by atoms with E-state index in [1.807, 2.05) is 12.1 Å². The van der Waals surface area contributed by atoms with Crippen molar-refractivity contribution in [2.75, 3.05) is 0 Å². The molecule has 2 aliphatic carbocycles. The third-order valence-electron chi connectivity index (χ3n) is 4.31. The van der Waals surface area contributed by atoms with Gasteiger partial charge in [0.2, 0.25) is 0 Å². The molecule has 2 atom stereocenters. The van der Waals surface area contributed by atoms with Crippen LogP contribution in [0.2, 0.25) is 5.02 Å². The number of halogens is 1. The van der Waals surface area contributed by atoms with Crippen molar-refractivity contribution in [3.05, 3.63) is 40.4 Å². The van der Waals surface area contributed by atoms with Crippen LogP contribution in [0.3, 0.4) is 0 Å². The Bertz CT molecular complexity index is 518. The number of Topliss-reactive ketones (excluding diaryl/α,β-unsaturated/α-hetero) is 1. The van der Waals surface area contributed by atoms with Crippen LogP contribution in [0.25, 0.3) is 6.08 Å². The van der Waals surface area contributed by atoms with E-state index in [9.17, 15) is 4.79 Å². The van der Waals surface area contributed by atoms with Crippen molar-refractivity contribution in [3.63, 3.8) is 0 Å². The molecule has 88 valence electrons. The normalized spacial score (nSPS) is 30.9. The molecule has 0 radical (unpaired) electrons. The fourth-order valence-electron chi connectivity index (χ4n) is 3.29. The molecule has 2 unspecified atom stereocenters. The molecule has 1 aromatic carbocycles. The molecule has 1 aromatic rings. The molecular formula is C15H15ClO. The Morgan fingerprint density at radius 3 is 3.00 bits per heavy atom. The van der Waals surface area contributed by atoms with Gasteiger partial charge in [-0.15, -0.1) is 0 Å². The van der Waals surface area contributed by atoms with Crippen LogP contribution in [-0.2, 0) is 10.2 Å². The molecule has 1 spiro atoms. The Balaban J connectivity index is 2.08. The van der Waals surface area contributed by atoms with Crippen LogP contribution < -0.4 is 0 Å². The zero-order valence-corrected chi connectivity index (χ0v) is 10.6. The van der Waals surface area contributed by atoms with E-state index in [2.05, 4.69) is 25.1 Å². The van der Waals surface area contributed by atoms with E-state index in [1.54, 1.807) is 0 Å². The van der Waals surface area contributed by atoms with Crippen molar-refractivity contribution >= 4 is 23.5 Å². The minimum absolute atomic E-state index is 0.0772. The maximum atomic E-state index is 11.5. The summed E-state index contributed by atoms with van der Waals surface area (Å²) in [4.78, 5) is 11.5. The van der Waals surface area contributed by atoms with Crippen LogP contribution in [0.5, 0.6) is 0 Å². The van der Waals surface area contributed by atoms with Crippen molar-refractivity contribution < 1.29 is 4.79 Å². The largest absolute Gasteiger partial charge is 0.300 e. The Hall–Kier alpha value is -1.08. The molecule has 0 saturated heterocycles. The van der Waals surface area contributed by atoms with Crippen LogP contribution >= 0.6 is 11.6 Å². The molecule has 3 rings (SSSR count). The molecule has 0 heterocycles. The molecular weight excluding hydrogens is 232 g/mol. The summed E-state index contributed by atoms with van der Waals surface area (Å²) in [5.74, 6) is 0.793. The van der Waals surface area contributed by atoms with Crippen molar-refractivity contribution in [3.8, 4) is 0 Å². The highest BCUT2D eigenvalue weighted by molar-refractivity contribution is 6.30. The first-order chi connectivity index (χ1) is 8.12. The quantitative estimate of drug-likeness (QED) is 0.676. The Labute approximate surface area is 106 Å². The smallest absolute Gasteiger partial charge is 0.133 e. The SMILES string of the molecule is CC1CC(=O)CCC12C=Cc1cc(Cl)ccc12. The summed E-state index contributed by atoms with van der Waals surface area (Å²) >= 11 is 6.02. The van der Waals surface area contributed by atoms with Crippen molar-refractivity contribution in [1.29, 1.82) is 0 Å². The van der Waals surface area contributed by atoms with Gasteiger partial charge in [-0.25, -0.2) is 0 Å².